The smallest absolute Gasteiger partial charge is 0.343 e. The van der Waals surface area contributed by atoms with Crippen LogP contribution in [-0.4, -0.2) is 33.7 Å². The fourth-order valence-corrected chi connectivity index (χ4v) is 6.53. The molecular weight excluding hydrogens is 400 g/mol. The Morgan fingerprint density at radius 1 is 1.23 bits per heavy atom. The van der Waals surface area contributed by atoms with E-state index in [0.717, 1.165) is 21.7 Å². The minimum absolute atomic E-state index is 0.0988. The van der Waals surface area contributed by atoms with Gasteiger partial charge in [-0.25, -0.2) is 9.78 Å². The Bertz CT molecular complexity index is 1310. The van der Waals surface area contributed by atoms with Gasteiger partial charge in [-0.3, -0.25) is 4.79 Å². The van der Waals surface area contributed by atoms with Gasteiger partial charge in [0.1, 0.15) is 6.61 Å². The molecule has 30 heavy (non-hydrogen) atoms. The number of ether oxygens (including phenoxy) is 1. The van der Waals surface area contributed by atoms with E-state index in [1.807, 2.05) is 37.4 Å². The summed E-state index contributed by atoms with van der Waals surface area (Å²) in [4.78, 5) is 41.5. The molecule has 0 saturated heterocycles. The van der Waals surface area contributed by atoms with E-state index in [-0.39, 0.29) is 18.6 Å². The lowest BCUT2D eigenvalue weighted by molar-refractivity contribution is -0.172. The van der Waals surface area contributed by atoms with Crippen molar-refractivity contribution in [2.24, 2.45) is 0 Å². The van der Waals surface area contributed by atoms with Crippen LogP contribution in [0.1, 0.15) is 30.0 Å². The Balaban J connectivity index is 1.87. The Labute approximate surface area is 173 Å². The molecular formula is C22H22N2O5Si. The van der Waals surface area contributed by atoms with E-state index >= 15 is 0 Å². The van der Waals surface area contributed by atoms with Crippen molar-refractivity contribution in [1.29, 1.82) is 0 Å². The van der Waals surface area contributed by atoms with Crippen LogP contribution in [0.15, 0.2) is 35.1 Å². The van der Waals surface area contributed by atoms with Gasteiger partial charge >= 0.3 is 5.97 Å². The van der Waals surface area contributed by atoms with Crippen molar-refractivity contribution in [3.8, 4) is 11.4 Å². The number of nitrogens with zero attached hydrogens (tertiary/aromatic N) is 2. The summed E-state index contributed by atoms with van der Waals surface area (Å²) in [6.07, 6.45) is 0.0988. The van der Waals surface area contributed by atoms with Gasteiger partial charge in [-0.05, 0) is 36.8 Å². The molecule has 8 heteroatoms. The van der Waals surface area contributed by atoms with E-state index < -0.39 is 19.9 Å². The molecule has 0 bridgehead atoms. The van der Waals surface area contributed by atoms with Crippen LogP contribution in [0.25, 0.3) is 22.3 Å². The molecule has 0 radical (unpaired) electrons. The Hall–Kier alpha value is -2.81. The number of carbonyl (C=O) groups excluding carboxylic acids is 1. The van der Waals surface area contributed by atoms with E-state index in [9.17, 15) is 19.5 Å². The maximum atomic E-state index is 13.3. The largest absolute Gasteiger partial charge is 0.458 e. The van der Waals surface area contributed by atoms with E-state index in [2.05, 4.69) is 0 Å². The molecule has 0 fully saturated rings. The zero-order valence-corrected chi connectivity index (χ0v) is 18.0. The predicted molar refractivity (Wildman–Crippen MR) is 114 cm³/mol. The number of fused-ring (bicyclic) bond motifs is 5. The highest BCUT2D eigenvalue weighted by molar-refractivity contribution is 6.85. The number of esters is 1. The zero-order valence-electron chi connectivity index (χ0n) is 17.0. The maximum absolute atomic E-state index is 13.3. The van der Waals surface area contributed by atoms with Crippen LogP contribution in [0.4, 0.5) is 0 Å². The average Bonchev–Trinajstić information content (AvgIpc) is 3.06. The molecule has 0 amide bonds. The molecule has 7 nitrogen and oxygen atoms in total. The third-order valence-corrected chi connectivity index (χ3v) is 8.00. The number of cyclic esters (lactones) is 1. The Kier molecular flexibility index (Phi) is 3.90. The summed E-state index contributed by atoms with van der Waals surface area (Å²) in [5.74, 6) is -0.740. The first-order chi connectivity index (χ1) is 14.2. The molecule has 2 aliphatic rings. The van der Waals surface area contributed by atoms with E-state index in [4.69, 9.17) is 9.72 Å². The fraction of sp³-hybridized carbons (Fsp3) is 0.318. The van der Waals surface area contributed by atoms with Crippen molar-refractivity contribution >= 4 is 30.4 Å². The highest BCUT2D eigenvalue weighted by Crippen LogP contribution is 2.38. The molecule has 2 aliphatic heterocycles. The first kappa shape index (κ1) is 19.2. The molecule has 4 heterocycles. The zero-order chi connectivity index (χ0) is 21.4. The molecule has 2 N–H and O–H groups in total. The number of benzene rings is 1. The van der Waals surface area contributed by atoms with Gasteiger partial charge in [0.25, 0.3) is 5.56 Å². The van der Waals surface area contributed by atoms with Gasteiger partial charge in [0.15, 0.2) is 5.60 Å². The van der Waals surface area contributed by atoms with Crippen LogP contribution in [0.2, 0.25) is 13.1 Å². The average molecular weight is 423 g/mol. The van der Waals surface area contributed by atoms with Gasteiger partial charge in [-0.2, -0.15) is 0 Å². The van der Waals surface area contributed by atoms with Gasteiger partial charge in [0.05, 0.1) is 29.0 Å². The SMILES string of the molecule is CC[C@@]1(O)C(=O)OCc2c1cc1n(c2=O)Cc2c-1nc1ccccc1c2[Si](C)(C)O. The lowest BCUT2D eigenvalue weighted by atomic mass is 9.86. The summed E-state index contributed by atoms with van der Waals surface area (Å²) in [5, 5.41) is 12.7. The lowest BCUT2D eigenvalue weighted by Crippen LogP contribution is -2.45. The number of pyridine rings is 2. The van der Waals surface area contributed by atoms with Crippen LogP contribution >= 0.6 is 0 Å². The molecule has 3 aromatic rings. The van der Waals surface area contributed by atoms with Crippen LogP contribution < -0.4 is 10.7 Å². The van der Waals surface area contributed by atoms with Crippen molar-refractivity contribution in [3.05, 3.63) is 57.4 Å². The third-order valence-electron chi connectivity index (χ3n) is 6.21. The van der Waals surface area contributed by atoms with Crippen molar-refractivity contribution < 1.29 is 19.4 Å². The fourth-order valence-electron chi connectivity index (χ4n) is 4.73. The van der Waals surface area contributed by atoms with Crippen molar-refractivity contribution in [2.45, 2.75) is 45.2 Å². The normalized spacial score (nSPS) is 20.0. The standard InChI is InChI=1S/C22H22N2O5Si/c1-4-22(27)15-9-17-18-13(10-24(17)20(25)14(15)11-29-21(22)26)19(30(2,3)28)12-7-5-6-8-16(12)23-18/h5-9,27-28H,4,10-11H2,1-3H3/t22-/m0/s1. The summed E-state index contributed by atoms with van der Waals surface area (Å²) >= 11 is 0. The Morgan fingerprint density at radius 2 is 1.97 bits per heavy atom. The van der Waals surface area contributed by atoms with Crippen LogP contribution in [-0.2, 0) is 28.3 Å². The highest BCUT2D eigenvalue weighted by atomic mass is 28.4. The predicted octanol–water partition coefficient (Wildman–Crippen LogP) is 1.48. The monoisotopic (exact) mass is 422 g/mol. The highest BCUT2D eigenvalue weighted by Gasteiger charge is 2.45. The molecule has 0 aliphatic carbocycles. The van der Waals surface area contributed by atoms with Crippen LogP contribution in [0.3, 0.4) is 0 Å². The molecule has 1 atom stereocenters. The number of aliphatic hydroxyl groups is 1. The summed E-state index contributed by atoms with van der Waals surface area (Å²) < 4.78 is 6.72. The van der Waals surface area contributed by atoms with E-state index in [0.29, 0.717) is 29.1 Å². The summed E-state index contributed by atoms with van der Waals surface area (Å²) in [6, 6.07) is 9.33. The molecule has 1 aromatic carbocycles. The van der Waals surface area contributed by atoms with E-state index in [1.165, 1.54) is 0 Å². The third kappa shape index (κ3) is 2.41. The number of hydrogen-bond donors (Lipinski definition) is 2. The minimum Gasteiger partial charge on any atom is -0.458 e. The van der Waals surface area contributed by atoms with Crippen LogP contribution in [0, 0.1) is 0 Å². The minimum atomic E-state index is -2.77. The van der Waals surface area contributed by atoms with Crippen molar-refractivity contribution in [3.63, 3.8) is 0 Å². The quantitative estimate of drug-likeness (QED) is 0.375. The number of rotatable bonds is 2. The number of para-hydroxylation sites is 1. The topological polar surface area (TPSA) is 102 Å². The summed E-state index contributed by atoms with van der Waals surface area (Å²) in [6.45, 7) is 5.52. The molecule has 154 valence electrons. The van der Waals surface area contributed by atoms with Gasteiger partial charge in [-0.1, -0.05) is 25.1 Å². The van der Waals surface area contributed by atoms with E-state index in [1.54, 1.807) is 17.6 Å². The van der Waals surface area contributed by atoms with Crippen LogP contribution in [0.5, 0.6) is 0 Å². The number of carbonyl (C=O) groups is 1. The molecule has 0 unspecified atom stereocenters. The summed E-state index contributed by atoms with van der Waals surface area (Å²) in [7, 11) is -2.77. The molecule has 2 aromatic heterocycles. The van der Waals surface area contributed by atoms with Gasteiger partial charge in [0, 0.05) is 16.5 Å². The molecule has 0 spiro atoms. The number of aromatic nitrogens is 2. The Morgan fingerprint density at radius 3 is 2.67 bits per heavy atom. The maximum Gasteiger partial charge on any atom is 0.343 e. The van der Waals surface area contributed by atoms with Gasteiger partial charge in [0.2, 0.25) is 8.32 Å². The first-order valence-corrected chi connectivity index (χ1v) is 12.9. The lowest BCUT2D eigenvalue weighted by Gasteiger charge is -2.31. The molecule has 5 rings (SSSR count). The first-order valence-electron chi connectivity index (χ1n) is 9.98. The number of hydrogen-bond acceptors (Lipinski definition) is 6. The summed E-state index contributed by atoms with van der Waals surface area (Å²) in [5.41, 5.74) is 1.19. The second-order valence-electron chi connectivity index (χ2n) is 8.49. The van der Waals surface area contributed by atoms with Crippen molar-refractivity contribution in [2.75, 3.05) is 0 Å². The molecule has 0 saturated carbocycles. The second-order valence-corrected chi connectivity index (χ2v) is 12.1. The second kappa shape index (κ2) is 6.10. The van der Waals surface area contributed by atoms with Gasteiger partial charge in [-0.15, -0.1) is 0 Å². The van der Waals surface area contributed by atoms with Gasteiger partial charge < -0.3 is 19.2 Å². The van der Waals surface area contributed by atoms with Crippen molar-refractivity contribution in [1.82, 2.24) is 9.55 Å².